The molecule has 0 saturated heterocycles. The maximum Gasteiger partial charge on any atom is 0.239 e. The Morgan fingerprint density at radius 1 is 1.03 bits per heavy atom. The fraction of sp³-hybridized carbons (Fsp3) is 0.348. The van der Waals surface area contributed by atoms with E-state index in [4.69, 9.17) is 23.2 Å². The Balaban J connectivity index is 1.70. The van der Waals surface area contributed by atoms with Crippen LogP contribution in [0, 0.1) is 16.2 Å². The molecule has 2 aliphatic carbocycles. The first-order chi connectivity index (χ1) is 14.1. The SMILES string of the molecule is CC12CCC(C(=O)Nc3ccc(Cl)cc3Cl)(C(=O)/C1=N\Nc1ccccc1)C2(C)C. The van der Waals surface area contributed by atoms with Crippen molar-refractivity contribution in [2.45, 2.75) is 33.6 Å². The monoisotopic (exact) mass is 443 g/mol. The van der Waals surface area contributed by atoms with Gasteiger partial charge >= 0.3 is 0 Å². The van der Waals surface area contributed by atoms with Crippen LogP contribution in [0.15, 0.2) is 53.6 Å². The third kappa shape index (κ3) is 2.79. The second-order valence-electron chi connectivity index (χ2n) is 8.71. The summed E-state index contributed by atoms with van der Waals surface area (Å²) in [5.41, 5.74) is 2.28. The third-order valence-corrected chi connectivity index (χ3v) is 7.76. The number of para-hydroxylation sites is 1. The first-order valence-corrected chi connectivity index (χ1v) is 10.6. The van der Waals surface area contributed by atoms with Gasteiger partial charge in [-0.1, -0.05) is 62.2 Å². The van der Waals surface area contributed by atoms with Crippen molar-refractivity contribution in [2.24, 2.45) is 21.3 Å². The van der Waals surface area contributed by atoms with Gasteiger partial charge in [0.15, 0.2) is 5.78 Å². The quantitative estimate of drug-likeness (QED) is 0.463. The average Bonchev–Trinajstić information content (AvgIpc) is 2.98. The summed E-state index contributed by atoms with van der Waals surface area (Å²) < 4.78 is 0. The number of Topliss-reactive ketones (excluding diaryl/α,β-unsaturated/α-hetero) is 1. The van der Waals surface area contributed by atoms with Crippen molar-refractivity contribution in [3.05, 3.63) is 58.6 Å². The van der Waals surface area contributed by atoms with Crippen LogP contribution in [0.4, 0.5) is 11.4 Å². The maximum absolute atomic E-state index is 13.6. The van der Waals surface area contributed by atoms with Crippen LogP contribution < -0.4 is 10.7 Å². The lowest BCUT2D eigenvalue weighted by molar-refractivity contribution is -0.139. The van der Waals surface area contributed by atoms with Gasteiger partial charge in [-0.2, -0.15) is 5.10 Å². The van der Waals surface area contributed by atoms with Gasteiger partial charge in [-0.25, -0.2) is 0 Å². The molecule has 7 heteroatoms. The summed E-state index contributed by atoms with van der Waals surface area (Å²) in [6.45, 7) is 5.98. The molecule has 5 nitrogen and oxygen atoms in total. The molecule has 30 heavy (non-hydrogen) atoms. The van der Waals surface area contributed by atoms with Gasteiger partial charge in [-0.15, -0.1) is 0 Å². The smallest absolute Gasteiger partial charge is 0.239 e. The highest BCUT2D eigenvalue weighted by Gasteiger charge is 2.76. The van der Waals surface area contributed by atoms with Gasteiger partial charge < -0.3 is 5.32 Å². The molecule has 0 aromatic heterocycles. The Labute approximate surface area is 185 Å². The number of amides is 1. The number of fused-ring (bicyclic) bond motifs is 2. The fourth-order valence-electron chi connectivity index (χ4n) is 4.93. The minimum atomic E-state index is -1.21. The van der Waals surface area contributed by atoms with E-state index in [0.29, 0.717) is 34.3 Å². The molecule has 2 atom stereocenters. The van der Waals surface area contributed by atoms with E-state index in [0.717, 1.165) is 5.69 Å². The van der Waals surface area contributed by atoms with Crippen LogP contribution in [-0.2, 0) is 9.59 Å². The van der Waals surface area contributed by atoms with E-state index in [1.165, 1.54) is 0 Å². The van der Waals surface area contributed by atoms with E-state index in [1.807, 2.05) is 51.1 Å². The Morgan fingerprint density at radius 2 is 1.73 bits per heavy atom. The molecular formula is C23H23Cl2N3O2. The molecule has 0 radical (unpaired) electrons. The Hall–Kier alpha value is -2.37. The number of carbonyl (C=O) groups excluding carboxylic acids is 2. The van der Waals surface area contributed by atoms with E-state index < -0.39 is 16.2 Å². The van der Waals surface area contributed by atoms with Crippen molar-refractivity contribution in [2.75, 3.05) is 10.7 Å². The summed E-state index contributed by atoms with van der Waals surface area (Å²) in [5, 5.41) is 8.16. The number of nitrogens with one attached hydrogen (secondary N) is 2. The van der Waals surface area contributed by atoms with E-state index >= 15 is 0 Å². The van der Waals surface area contributed by atoms with Crippen LogP contribution in [-0.4, -0.2) is 17.4 Å². The molecule has 2 aliphatic rings. The number of hydrogen-bond donors (Lipinski definition) is 2. The number of halogens is 2. The summed E-state index contributed by atoms with van der Waals surface area (Å²) in [6, 6.07) is 14.3. The van der Waals surface area contributed by atoms with Crippen molar-refractivity contribution >= 4 is 52.0 Å². The number of benzene rings is 2. The van der Waals surface area contributed by atoms with Gasteiger partial charge in [-0.3, -0.25) is 15.0 Å². The van der Waals surface area contributed by atoms with Crippen molar-refractivity contribution in [3.8, 4) is 0 Å². The molecule has 4 rings (SSSR count). The van der Waals surface area contributed by atoms with Crippen LogP contribution in [0.1, 0.15) is 33.6 Å². The Morgan fingerprint density at radius 3 is 2.40 bits per heavy atom. The van der Waals surface area contributed by atoms with Gasteiger partial charge in [0.1, 0.15) is 11.1 Å². The standard InChI is InChI=1S/C23H23Cl2N3O2/c1-21(2)22(3)11-12-23(21,20(30)26-17-10-9-14(24)13-16(17)25)19(29)18(22)28-27-15-7-5-4-6-8-15/h4-10,13,27H,11-12H2,1-3H3,(H,26,30)/b28-18+. The van der Waals surface area contributed by atoms with Crippen molar-refractivity contribution in [1.29, 1.82) is 0 Å². The third-order valence-electron chi connectivity index (χ3n) is 7.21. The fourth-order valence-corrected chi connectivity index (χ4v) is 5.38. The number of rotatable bonds is 4. The van der Waals surface area contributed by atoms with E-state index in [9.17, 15) is 9.59 Å². The molecular weight excluding hydrogens is 421 g/mol. The zero-order valence-electron chi connectivity index (χ0n) is 17.1. The molecule has 2 aromatic carbocycles. The number of nitrogens with zero attached hydrogens (tertiary/aromatic N) is 1. The molecule has 2 fully saturated rings. The average molecular weight is 444 g/mol. The number of carbonyl (C=O) groups is 2. The molecule has 2 N–H and O–H groups in total. The highest BCUT2D eigenvalue weighted by molar-refractivity contribution is 6.51. The molecule has 0 spiro atoms. The Bertz CT molecular complexity index is 1070. The van der Waals surface area contributed by atoms with Crippen LogP contribution in [0.25, 0.3) is 0 Å². The van der Waals surface area contributed by atoms with E-state index in [1.54, 1.807) is 18.2 Å². The summed E-state index contributed by atoms with van der Waals surface area (Å²) >= 11 is 12.2. The largest absolute Gasteiger partial charge is 0.324 e. The zero-order chi connectivity index (χ0) is 21.7. The highest BCUT2D eigenvalue weighted by Crippen LogP contribution is 2.69. The van der Waals surface area contributed by atoms with Crippen molar-refractivity contribution < 1.29 is 9.59 Å². The number of anilines is 2. The van der Waals surface area contributed by atoms with Gasteiger partial charge in [0.05, 0.1) is 16.4 Å². The van der Waals surface area contributed by atoms with Crippen molar-refractivity contribution in [3.63, 3.8) is 0 Å². The number of ketones is 1. The summed E-state index contributed by atoms with van der Waals surface area (Å²) in [6.07, 6.45) is 1.17. The molecule has 2 saturated carbocycles. The molecule has 2 bridgehead atoms. The first-order valence-electron chi connectivity index (χ1n) is 9.84. The molecule has 2 unspecified atom stereocenters. The molecule has 156 valence electrons. The van der Waals surface area contributed by atoms with Crippen LogP contribution in [0.5, 0.6) is 0 Å². The predicted molar refractivity (Wildman–Crippen MR) is 121 cm³/mol. The minimum Gasteiger partial charge on any atom is -0.324 e. The van der Waals surface area contributed by atoms with Crippen molar-refractivity contribution in [1.82, 2.24) is 0 Å². The minimum absolute atomic E-state index is 0.229. The maximum atomic E-state index is 13.6. The normalized spacial score (nSPS) is 28.0. The van der Waals surface area contributed by atoms with Gasteiger partial charge in [0, 0.05) is 10.4 Å². The van der Waals surface area contributed by atoms with Crippen LogP contribution in [0.2, 0.25) is 10.0 Å². The van der Waals surface area contributed by atoms with E-state index in [2.05, 4.69) is 15.8 Å². The molecule has 2 aromatic rings. The lowest BCUT2D eigenvalue weighted by Gasteiger charge is -2.37. The summed E-state index contributed by atoms with van der Waals surface area (Å²) in [5.74, 6) is -0.581. The zero-order valence-corrected chi connectivity index (χ0v) is 18.6. The Kier molecular flexibility index (Phi) is 4.94. The molecule has 1 amide bonds. The second-order valence-corrected chi connectivity index (χ2v) is 9.55. The highest BCUT2D eigenvalue weighted by atomic mass is 35.5. The number of hydrazone groups is 1. The lowest BCUT2D eigenvalue weighted by atomic mass is 9.64. The molecule has 0 aliphatic heterocycles. The van der Waals surface area contributed by atoms with Crippen LogP contribution >= 0.6 is 23.2 Å². The van der Waals surface area contributed by atoms with Gasteiger partial charge in [-0.05, 0) is 48.6 Å². The lowest BCUT2D eigenvalue weighted by Crippen LogP contribution is -2.47. The van der Waals surface area contributed by atoms with Gasteiger partial charge in [0.25, 0.3) is 0 Å². The first kappa shape index (κ1) is 20.9. The number of hydrogen-bond acceptors (Lipinski definition) is 4. The summed E-state index contributed by atoms with van der Waals surface area (Å²) in [7, 11) is 0. The molecule has 0 heterocycles. The van der Waals surface area contributed by atoms with Gasteiger partial charge in [0.2, 0.25) is 5.91 Å². The topological polar surface area (TPSA) is 70.6 Å². The summed E-state index contributed by atoms with van der Waals surface area (Å²) in [4.78, 5) is 27.1. The second kappa shape index (κ2) is 7.10. The predicted octanol–water partition coefficient (Wildman–Crippen LogP) is 5.80. The van der Waals surface area contributed by atoms with E-state index in [-0.39, 0.29) is 11.7 Å². The van der Waals surface area contributed by atoms with Crippen LogP contribution in [0.3, 0.4) is 0 Å².